The van der Waals surface area contributed by atoms with Crippen molar-refractivity contribution in [1.29, 1.82) is 0 Å². The first kappa shape index (κ1) is 15.5. The van der Waals surface area contributed by atoms with Crippen molar-refractivity contribution >= 4 is 33.5 Å². The summed E-state index contributed by atoms with van der Waals surface area (Å²) >= 11 is 0. The van der Waals surface area contributed by atoms with Crippen molar-refractivity contribution in [3.63, 3.8) is 0 Å². The van der Waals surface area contributed by atoms with E-state index < -0.39 is 12.0 Å². The molecule has 1 aliphatic rings. The third-order valence-electron chi connectivity index (χ3n) is 4.52. The summed E-state index contributed by atoms with van der Waals surface area (Å²) in [5.41, 5.74) is 6.51. The predicted octanol–water partition coefficient (Wildman–Crippen LogP) is 1.71. The molecule has 1 aliphatic heterocycles. The van der Waals surface area contributed by atoms with E-state index >= 15 is 0 Å². The summed E-state index contributed by atoms with van der Waals surface area (Å²) in [5, 5.41) is 2.97. The van der Waals surface area contributed by atoms with E-state index in [0.717, 1.165) is 16.2 Å². The number of hydrogen-bond acceptors (Lipinski definition) is 4. The van der Waals surface area contributed by atoms with Crippen molar-refractivity contribution in [1.82, 2.24) is 9.88 Å². The summed E-state index contributed by atoms with van der Waals surface area (Å²) in [4.78, 5) is 30.5. The Morgan fingerprint density at radius 1 is 1.16 bits per heavy atom. The highest BCUT2D eigenvalue weighted by Gasteiger charge is 2.29. The van der Waals surface area contributed by atoms with Gasteiger partial charge < -0.3 is 15.4 Å². The number of morpholine rings is 1. The molecule has 4 rings (SSSR count). The molecule has 6 nitrogen and oxygen atoms in total. The van der Waals surface area contributed by atoms with Crippen molar-refractivity contribution < 1.29 is 14.3 Å². The van der Waals surface area contributed by atoms with Gasteiger partial charge in [0.1, 0.15) is 0 Å². The summed E-state index contributed by atoms with van der Waals surface area (Å²) < 4.78 is 5.33. The van der Waals surface area contributed by atoms with Crippen molar-refractivity contribution in [2.75, 3.05) is 19.7 Å². The predicted molar refractivity (Wildman–Crippen MR) is 94.1 cm³/mol. The smallest absolute Gasteiger partial charge is 0.256 e. The third kappa shape index (κ3) is 2.70. The average Bonchev–Trinajstić information content (AvgIpc) is 2.67. The van der Waals surface area contributed by atoms with Gasteiger partial charge in [-0.1, -0.05) is 30.3 Å². The van der Waals surface area contributed by atoms with Crippen molar-refractivity contribution in [3.8, 4) is 0 Å². The van der Waals surface area contributed by atoms with Gasteiger partial charge in [-0.15, -0.1) is 0 Å². The first-order valence-corrected chi connectivity index (χ1v) is 8.12. The Hall–Kier alpha value is -2.99. The fraction of sp³-hybridized carbons (Fsp3) is 0.211. The number of carbonyl (C=O) groups is 2. The molecule has 1 fully saturated rings. The number of nitrogens with two attached hydrogens (primary N) is 1. The van der Waals surface area contributed by atoms with E-state index in [4.69, 9.17) is 10.5 Å². The number of pyridine rings is 1. The zero-order chi connectivity index (χ0) is 17.4. The molecule has 126 valence electrons. The van der Waals surface area contributed by atoms with E-state index in [1.807, 2.05) is 42.5 Å². The van der Waals surface area contributed by atoms with Crippen LogP contribution in [-0.2, 0) is 9.53 Å². The van der Waals surface area contributed by atoms with Gasteiger partial charge in [-0.2, -0.15) is 0 Å². The van der Waals surface area contributed by atoms with Crippen molar-refractivity contribution in [2.24, 2.45) is 5.73 Å². The molecule has 0 spiro atoms. The largest absolute Gasteiger partial charge is 0.367 e. The van der Waals surface area contributed by atoms with Crippen LogP contribution >= 0.6 is 0 Å². The minimum Gasteiger partial charge on any atom is -0.367 e. The molecule has 6 heteroatoms. The van der Waals surface area contributed by atoms with E-state index in [9.17, 15) is 9.59 Å². The Balaban J connectivity index is 1.82. The topological polar surface area (TPSA) is 85.5 Å². The average molecular weight is 335 g/mol. The summed E-state index contributed by atoms with van der Waals surface area (Å²) in [7, 11) is 0. The monoisotopic (exact) mass is 335 g/mol. The second kappa shape index (κ2) is 6.14. The van der Waals surface area contributed by atoms with Gasteiger partial charge in [0.25, 0.3) is 5.91 Å². The molecule has 2 heterocycles. The maximum absolute atomic E-state index is 13.1. The van der Waals surface area contributed by atoms with Crippen LogP contribution in [-0.4, -0.2) is 47.5 Å². The molecule has 0 radical (unpaired) electrons. The van der Waals surface area contributed by atoms with E-state index in [-0.39, 0.29) is 19.1 Å². The number of nitrogens with zero attached hydrogens (tertiary/aromatic N) is 2. The standard InChI is InChI=1S/C19H17N3O3/c20-18(23)16-11-22(8-9-25-16)19(24)15-10-12-4-1-2-5-13(12)14-6-3-7-21-17(14)15/h1-7,10,16H,8-9,11H2,(H2,20,23)/t16-/m1/s1. The summed E-state index contributed by atoms with van der Waals surface area (Å²) in [5.74, 6) is -0.719. The second-order valence-electron chi connectivity index (χ2n) is 6.06. The summed E-state index contributed by atoms with van der Waals surface area (Å²) in [6, 6.07) is 13.6. The number of fused-ring (bicyclic) bond motifs is 3. The van der Waals surface area contributed by atoms with Crippen LogP contribution in [0.25, 0.3) is 21.7 Å². The highest BCUT2D eigenvalue weighted by Crippen LogP contribution is 2.28. The third-order valence-corrected chi connectivity index (χ3v) is 4.52. The first-order chi connectivity index (χ1) is 12.1. The molecular weight excluding hydrogens is 318 g/mol. The van der Waals surface area contributed by atoms with E-state index in [1.54, 1.807) is 11.1 Å². The maximum atomic E-state index is 13.1. The second-order valence-corrected chi connectivity index (χ2v) is 6.06. The number of rotatable bonds is 2. The number of benzene rings is 2. The van der Waals surface area contributed by atoms with Gasteiger partial charge in [0.15, 0.2) is 6.10 Å². The van der Waals surface area contributed by atoms with Crippen LogP contribution in [0, 0.1) is 0 Å². The SMILES string of the molecule is NC(=O)[C@H]1CN(C(=O)c2cc3ccccc3c3cccnc23)CCO1. The molecule has 0 unspecified atom stereocenters. The molecule has 0 aliphatic carbocycles. The van der Waals surface area contributed by atoms with Crippen molar-refractivity contribution in [2.45, 2.75) is 6.10 Å². The van der Waals surface area contributed by atoms with Gasteiger partial charge in [-0.3, -0.25) is 14.6 Å². The Bertz CT molecular complexity index is 986. The molecule has 1 saturated heterocycles. The molecule has 3 aromatic rings. The molecule has 0 saturated carbocycles. The highest BCUT2D eigenvalue weighted by atomic mass is 16.5. The molecule has 0 bridgehead atoms. The zero-order valence-corrected chi connectivity index (χ0v) is 13.5. The first-order valence-electron chi connectivity index (χ1n) is 8.12. The van der Waals surface area contributed by atoms with Crippen LogP contribution in [0.2, 0.25) is 0 Å². The van der Waals surface area contributed by atoms with Gasteiger partial charge in [0.2, 0.25) is 5.91 Å². The van der Waals surface area contributed by atoms with Crippen LogP contribution < -0.4 is 5.73 Å². The zero-order valence-electron chi connectivity index (χ0n) is 13.5. The lowest BCUT2D eigenvalue weighted by Gasteiger charge is -2.31. The Kier molecular flexibility index (Phi) is 3.82. The van der Waals surface area contributed by atoms with Crippen LogP contribution in [0.5, 0.6) is 0 Å². The maximum Gasteiger partial charge on any atom is 0.256 e. The molecule has 1 atom stereocenters. The quantitative estimate of drug-likeness (QED) is 0.723. The fourth-order valence-electron chi connectivity index (χ4n) is 3.27. The number of hydrogen-bond donors (Lipinski definition) is 1. The molecule has 2 aromatic carbocycles. The number of primary amides is 1. The lowest BCUT2D eigenvalue weighted by Crippen LogP contribution is -2.50. The fourth-order valence-corrected chi connectivity index (χ4v) is 3.27. The van der Waals surface area contributed by atoms with Crippen LogP contribution in [0.4, 0.5) is 0 Å². The lowest BCUT2D eigenvalue weighted by atomic mass is 10.00. The molecular formula is C19H17N3O3. The van der Waals surface area contributed by atoms with Gasteiger partial charge in [-0.25, -0.2) is 0 Å². The molecule has 2 N–H and O–H groups in total. The number of carbonyl (C=O) groups excluding carboxylic acids is 2. The Morgan fingerprint density at radius 2 is 1.96 bits per heavy atom. The van der Waals surface area contributed by atoms with E-state index in [1.165, 1.54) is 0 Å². The molecule has 25 heavy (non-hydrogen) atoms. The van der Waals surface area contributed by atoms with Crippen LogP contribution in [0.1, 0.15) is 10.4 Å². The van der Waals surface area contributed by atoms with Crippen LogP contribution in [0.3, 0.4) is 0 Å². The summed E-state index contributed by atoms with van der Waals surface area (Å²) in [6.07, 6.45) is 0.914. The Morgan fingerprint density at radius 3 is 2.80 bits per heavy atom. The normalized spacial score (nSPS) is 17.8. The number of ether oxygens (including phenoxy) is 1. The van der Waals surface area contributed by atoms with Gasteiger partial charge in [0, 0.05) is 18.1 Å². The summed E-state index contributed by atoms with van der Waals surface area (Å²) in [6.45, 7) is 0.872. The van der Waals surface area contributed by atoms with Gasteiger partial charge in [-0.05, 0) is 22.9 Å². The Labute approximate surface area is 144 Å². The minimum atomic E-state index is -0.766. The van der Waals surface area contributed by atoms with Crippen LogP contribution in [0.15, 0.2) is 48.7 Å². The highest BCUT2D eigenvalue weighted by molar-refractivity contribution is 6.15. The van der Waals surface area contributed by atoms with Crippen molar-refractivity contribution in [3.05, 3.63) is 54.2 Å². The molecule has 1 aromatic heterocycles. The van der Waals surface area contributed by atoms with E-state index in [2.05, 4.69) is 4.98 Å². The number of amides is 2. The van der Waals surface area contributed by atoms with Gasteiger partial charge >= 0.3 is 0 Å². The molecule has 2 amide bonds. The van der Waals surface area contributed by atoms with E-state index in [0.29, 0.717) is 17.6 Å². The minimum absolute atomic E-state index is 0.162. The number of aromatic nitrogens is 1. The van der Waals surface area contributed by atoms with Gasteiger partial charge in [0.05, 0.1) is 24.2 Å². The lowest BCUT2D eigenvalue weighted by molar-refractivity contribution is -0.133.